The largest absolute Gasteiger partial charge is 0.482 e. The van der Waals surface area contributed by atoms with Crippen LogP contribution >= 0.6 is 0 Å². The smallest absolute Gasteiger partial charge is 0.349 e. The number of nitro benzene ring substituents is 1. The SMILES string of the molecule is N#Cc1ccc(OCC(=O)Oc2cccc([N+](=O)[O-])c2)cc1. The van der Waals surface area contributed by atoms with Crippen LogP contribution in [0.1, 0.15) is 5.56 Å². The summed E-state index contributed by atoms with van der Waals surface area (Å²) in [7, 11) is 0. The molecule has 110 valence electrons. The maximum atomic E-state index is 11.6. The monoisotopic (exact) mass is 298 g/mol. The molecule has 0 aliphatic carbocycles. The van der Waals surface area contributed by atoms with E-state index < -0.39 is 10.9 Å². The lowest BCUT2D eigenvalue weighted by Gasteiger charge is -2.06. The van der Waals surface area contributed by atoms with Crippen molar-refractivity contribution in [3.63, 3.8) is 0 Å². The third kappa shape index (κ3) is 4.05. The molecular weight excluding hydrogens is 288 g/mol. The fourth-order valence-corrected chi connectivity index (χ4v) is 1.59. The Bertz CT molecular complexity index is 734. The standard InChI is InChI=1S/C15H10N2O5/c16-9-11-4-6-13(7-5-11)21-10-15(18)22-14-3-1-2-12(8-14)17(19)20/h1-8H,10H2. The van der Waals surface area contributed by atoms with E-state index >= 15 is 0 Å². The average Bonchev–Trinajstić information content (AvgIpc) is 2.53. The molecular formula is C15H10N2O5. The lowest BCUT2D eigenvalue weighted by atomic mass is 10.2. The number of carbonyl (C=O) groups excluding carboxylic acids is 1. The molecule has 2 aromatic carbocycles. The highest BCUT2D eigenvalue weighted by molar-refractivity contribution is 5.74. The molecule has 7 nitrogen and oxygen atoms in total. The Morgan fingerprint density at radius 3 is 2.55 bits per heavy atom. The van der Waals surface area contributed by atoms with E-state index in [0.29, 0.717) is 11.3 Å². The number of nitro groups is 1. The van der Waals surface area contributed by atoms with Crippen molar-refractivity contribution in [1.82, 2.24) is 0 Å². The predicted molar refractivity (Wildman–Crippen MR) is 75.4 cm³/mol. The molecule has 2 aromatic rings. The first kappa shape index (κ1) is 15.0. The maximum Gasteiger partial charge on any atom is 0.349 e. The van der Waals surface area contributed by atoms with Crippen molar-refractivity contribution < 1.29 is 19.2 Å². The Kier molecular flexibility index (Phi) is 4.67. The first-order valence-corrected chi connectivity index (χ1v) is 6.16. The maximum absolute atomic E-state index is 11.6. The minimum Gasteiger partial charge on any atom is -0.482 e. The van der Waals surface area contributed by atoms with Gasteiger partial charge >= 0.3 is 5.97 Å². The molecule has 0 bridgehead atoms. The lowest BCUT2D eigenvalue weighted by molar-refractivity contribution is -0.384. The normalized spacial score (nSPS) is 9.59. The summed E-state index contributed by atoms with van der Waals surface area (Å²) in [5, 5.41) is 19.3. The lowest BCUT2D eigenvalue weighted by Crippen LogP contribution is -2.17. The number of benzene rings is 2. The van der Waals surface area contributed by atoms with E-state index in [2.05, 4.69) is 0 Å². The number of non-ortho nitro benzene ring substituents is 1. The van der Waals surface area contributed by atoms with E-state index in [-0.39, 0.29) is 18.0 Å². The summed E-state index contributed by atoms with van der Waals surface area (Å²) in [4.78, 5) is 21.7. The number of rotatable bonds is 5. The van der Waals surface area contributed by atoms with Gasteiger partial charge in [0.1, 0.15) is 11.5 Å². The predicted octanol–water partition coefficient (Wildman–Crippen LogP) is 2.45. The Hall–Kier alpha value is -3.40. The zero-order chi connectivity index (χ0) is 15.9. The summed E-state index contributed by atoms with van der Waals surface area (Å²) in [6.45, 7) is -0.353. The van der Waals surface area contributed by atoms with E-state index in [1.165, 1.54) is 18.2 Å². The molecule has 0 fully saturated rings. The van der Waals surface area contributed by atoms with E-state index in [4.69, 9.17) is 14.7 Å². The number of hydrogen-bond acceptors (Lipinski definition) is 6. The van der Waals surface area contributed by atoms with Gasteiger partial charge in [0.15, 0.2) is 6.61 Å². The number of hydrogen-bond donors (Lipinski definition) is 0. The van der Waals surface area contributed by atoms with Crippen LogP contribution in [0, 0.1) is 21.4 Å². The van der Waals surface area contributed by atoms with Crippen LogP contribution in [0.15, 0.2) is 48.5 Å². The second kappa shape index (κ2) is 6.85. The Balaban J connectivity index is 1.91. The van der Waals surface area contributed by atoms with Crippen molar-refractivity contribution >= 4 is 11.7 Å². The van der Waals surface area contributed by atoms with Gasteiger partial charge in [0.25, 0.3) is 5.69 Å². The summed E-state index contributed by atoms with van der Waals surface area (Å²) >= 11 is 0. The van der Waals surface area contributed by atoms with Crippen molar-refractivity contribution in [2.75, 3.05) is 6.61 Å². The van der Waals surface area contributed by atoms with Crippen LogP contribution in [0.3, 0.4) is 0 Å². The molecule has 0 heterocycles. The number of nitriles is 1. The highest BCUT2D eigenvalue weighted by Gasteiger charge is 2.10. The minimum atomic E-state index is -0.690. The summed E-state index contributed by atoms with van der Waals surface area (Å²) in [6, 6.07) is 13.5. The molecule has 2 rings (SSSR count). The molecule has 0 spiro atoms. The molecule has 22 heavy (non-hydrogen) atoms. The molecule has 0 aromatic heterocycles. The van der Waals surface area contributed by atoms with Crippen molar-refractivity contribution in [2.24, 2.45) is 0 Å². The highest BCUT2D eigenvalue weighted by atomic mass is 16.6. The molecule has 7 heteroatoms. The first-order valence-electron chi connectivity index (χ1n) is 6.16. The number of esters is 1. The third-order valence-corrected chi connectivity index (χ3v) is 2.60. The highest BCUT2D eigenvalue weighted by Crippen LogP contribution is 2.19. The molecule has 0 atom stereocenters. The second-order valence-electron chi connectivity index (χ2n) is 4.15. The van der Waals surface area contributed by atoms with Gasteiger partial charge in [-0.3, -0.25) is 10.1 Å². The van der Waals surface area contributed by atoms with E-state index in [9.17, 15) is 14.9 Å². The van der Waals surface area contributed by atoms with Crippen molar-refractivity contribution in [3.05, 3.63) is 64.2 Å². The number of carbonyl (C=O) groups is 1. The topological polar surface area (TPSA) is 102 Å². The van der Waals surface area contributed by atoms with Crippen LogP contribution in [0.5, 0.6) is 11.5 Å². The number of nitrogens with zero attached hydrogens (tertiary/aromatic N) is 2. The van der Waals surface area contributed by atoms with Gasteiger partial charge in [0.2, 0.25) is 0 Å². The Morgan fingerprint density at radius 1 is 1.18 bits per heavy atom. The molecule has 0 saturated heterocycles. The molecule has 0 N–H and O–H groups in total. The van der Waals surface area contributed by atoms with Crippen LogP contribution in [-0.2, 0) is 4.79 Å². The van der Waals surface area contributed by atoms with Crippen molar-refractivity contribution in [1.29, 1.82) is 5.26 Å². The van der Waals surface area contributed by atoms with Crippen LogP contribution in [0.2, 0.25) is 0 Å². The third-order valence-electron chi connectivity index (χ3n) is 2.60. The molecule has 0 saturated carbocycles. The number of ether oxygens (including phenoxy) is 2. The van der Waals surface area contributed by atoms with Crippen LogP contribution in [-0.4, -0.2) is 17.5 Å². The minimum absolute atomic E-state index is 0.0719. The van der Waals surface area contributed by atoms with Gasteiger partial charge in [-0.15, -0.1) is 0 Å². The Morgan fingerprint density at radius 2 is 1.91 bits per heavy atom. The van der Waals surface area contributed by atoms with Crippen molar-refractivity contribution in [3.8, 4) is 17.6 Å². The van der Waals surface area contributed by atoms with Gasteiger partial charge in [0, 0.05) is 6.07 Å². The van der Waals surface area contributed by atoms with E-state index in [0.717, 1.165) is 6.07 Å². The van der Waals surface area contributed by atoms with Gasteiger partial charge in [0.05, 0.1) is 22.6 Å². The molecule has 0 unspecified atom stereocenters. The average molecular weight is 298 g/mol. The summed E-state index contributed by atoms with van der Waals surface area (Å²) < 4.78 is 10.2. The molecule has 0 aliphatic heterocycles. The zero-order valence-electron chi connectivity index (χ0n) is 11.3. The van der Waals surface area contributed by atoms with E-state index in [1.807, 2.05) is 6.07 Å². The van der Waals surface area contributed by atoms with Gasteiger partial charge in [-0.1, -0.05) is 6.07 Å². The van der Waals surface area contributed by atoms with Gasteiger partial charge in [-0.25, -0.2) is 4.79 Å². The first-order chi connectivity index (χ1) is 10.6. The summed E-state index contributed by atoms with van der Waals surface area (Å²) in [5.74, 6) is -0.206. The van der Waals surface area contributed by atoms with Crippen molar-refractivity contribution in [2.45, 2.75) is 0 Å². The summed E-state index contributed by atoms with van der Waals surface area (Å²) in [5.41, 5.74) is 0.310. The van der Waals surface area contributed by atoms with Crippen LogP contribution < -0.4 is 9.47 Å². The fourth-order valence-electron chi connectivity index (χ4n) is 1.59. The summed E-state index contributed by atoms with van der Waals surface area (Å²) in [6.07, 6.45) is 0. The van der Waals surface area contributed by atoms with Crippen LogP contribution in [0.4, 0.5) is 5.69 Å². The fraction of sp³-hybridized carbons (Fsp3) is 0.0667. The zero-order valence-corrected chi connectivity index (χ0v) is 11.3. The molecule has 0 amide bonds. The quantitative estimate of drug-likeness (QED) is 0.363. The molecule has 0 radical (unpaired) electrons. The van der Waals surface area contributed by atoms with Gasteiger partial charge in [-0.2, -0.15) is 5.26 Å². The van der Waals surface area contributed by atoms with E-state index in [1.54, 1.807) is 24.3 Å². The van der Waals surface area contributed by atoms with Crippen LogP contribution in [0.25, 0.3) is 0 Å². The van der Waals surface area contributed by atoms with Gasteiger partial charge < -0.3 is 9.47 Å². The second-order valence-corrected chi connectivity index (χ2v) is 4.15. The Labute approximate surface area is 125 Å². The molecule has 0 aliphatic rings. The van der Waals surface area contributed by atoms with Gasteiger partial charge in [-0.05, 0) is 30.3 Å².